The molecule has 1 heterocycles. The molecule has 0 radical (unpaired) electrons. The summed E-state index contributed by atoms with van der Waals surface area (Å²) in [4.78, 5) is 39.5. The van der Waals surface area contributed by atoms with Crippen molar-refractivity contribution < 1.29 is 18.8 Å². The Kier molecular flexibility index (Phi) is 4.55. The summed E-state index contributed by atoms with van der Waals surface area (Å²) in [5, 5.41) is 2.68. The van der Waals surface area contributed by atoms with E-state index >= 15 is 0 Å². The van der Waals surface area contributed by atoms with Crippen LogP contribution in [0.1, 0.15) is 23.7 Å². The summed E-state index contributed by atoms with van der Waals surface area (Å²) in [6.07, 6.45) is 4.48. The number of nitrogens with zero attached hydrogens (tertiary/aromatic N) is 1. The van der Waals surface area contributed by atoms with Crippen LogP contribution in [0.25, 0.3) is 0 Å². The van der Waals surface area contributed by atoms with Gasteiger partial charge >= 0.3 is 0 Å². The fraction of sp³-hybridized carbons (Fsp3) is 0.227. The number of hydrogen-bond donors (Lipinski definition) is 1. The SMILES string of the molecule is C[C@@H]1C=CC[C@H]2C(=O)N(c3cccc(C(=O)Nc4ccc(F)cc4)c3)C(=O)[C@H]12. The van der Waals surface area contributed by atoms with Crippen molar-refractivity contribution in [3.63, 3.8) is 0 Å². The fourth-order valence-corrected chi connectivity index (χ4v) is 3.92. The number of hydrogen-bond acceptors (Lipinski definition) is 3. The van der Waals surface area contributed by atoms with E-state index < -0.39 is 11.7 Å². The van der Waals surface area contributed by atoms with Crippen molar-refractivity contribution in [2.45, 2.75) is 13.3 Å². The van der Waals surface area contributed by atoms with E-state index in [1.165, 1.54) is 35.2 Å². The van der Waals surface area contributed by atoms with Crippen LogP contribution >= 0.6 is 0 Å². The Morgan fingerprint density at radius 1 is 1.11 bits per heavy atom. The first kappa shape index (κ1) is 18.1. The highest BCUT2D eigenvalue weighted by Gasteiger charge is 2.50. The molecule has 2 aliphatic rings. The van der Waals surface area contributed by atoms with Gasteiger partial charge in [-0.2, -0.15) is 0 Å². The van der Waals surface area contributed by atoms with Crippen LogP contribution in [0.5, 0.6) is 0 Å². The molecule has 28 heavy (non-hydrogen) atoms. The van der Waals surface area contributed by atoms with Gasteiger partial charge in [0.05, 0.1) is 17.5 Å². The summed E-state index contributed by atoms with van der Waals surface area (Å²) in [5.41, 5.74) is 1.16. The minimum Gasteiger partial charge on any atom is -0.322 e. The largest absolute Gasteiger partial charge is 0.322 e. The third-order valence-corrected chi connectivity index (χ3v) is 5.34. The van der Waals surface area contributed by atoms with Crippen molar-refractivity contribution >= 4 is 29.1 Å². The Bertz CT molecular complexity index is 984. The monoisotopic (exact) mass is 378 g/mol. The van der Waals surface area contributed by atoms with Gasteiger partial charge in [-0.25, -0.2) is 4.39 Å². The lowest BCUT2D eigenvalue weighted by atomic mass is 9.78. The number of halogens is 1. The Morgan fingerprint density at radius 3 is 2.57 bits per heavy atom. The van der Waals surface area contributed by atoms with Gasteiger partial charge in [0.25, 0.3) is 5.91 Å². The minimum absolute atomic E-state index is 0.00478. The maximum absolute atomic E-state index is 13.0. The van der Waals surface area contributed by atoms with Gasteiger partial charge in [0.1, 0.15) is 5.82 Å². The first-order valence-electron chi connectivity index (χ1n) is 9.17. The molecule has 1 fully saturated rings. The predicted octanol–water partition coefficient (Wildman–Crippen LogP) is 3.78. The Morgan fingerprint density at radius 2 is 1.86 bits per heavy atom. The van der Waals surface area contributed by atoms with Crippen LogP contribution in [-0.2, 0) is 9.59 Å². The molecule has 0 aromatic heterocycles. The van der Waals surface area contributed by atoms with E-state index in [2.05, 4.69) is 5.32 Å². The zero-order chi connectivity index (χ0) is 19.8. The summed E-state index contributed by atoms with van der Waals surface area (Å²) in [6, 6.07) is 11.9. The summed E-state index contributed by atoms with van der Waals surface area (Å²) in [5.74, 6) is -1.93. The molecular weight excluding hydrogens is 359 g/mol. The van der Waals surface area contributed by atoms with Crippen molar-refractivity contribution in [3.05, 3.63) is 72.1 Å². The van der Waals surface area contributed by atoms with Crippen molar-refractivity contribution in [1.29, 1.82) is 0 Å². The minimum atomic E-state index is -0.403. The van der Waals surface area contributed by atoms with Crippen LogP contribution in [0.15, 0.2) is 60.7 Å². The van der Waals surface area contributed by atoms with Crippen molar-refractivity contribution in [2.75, 3.05) is 10.2 Å². The third-order valence-electron chi connectivity index (χ3n) is 5.34. The lowest BCUT2D eigenvalue weighted by Crippen LogP contribution is -2.31. The molecule has 0 bridgehead atoms. The highest BCUT2D eigenvalue weighted by Crippen LogP contribution is 2.40. The molecule has 1 saturated heterocycles. The van der Waals surface area contributed by atoms with Crippen molar-refractivity contribution in [3.8, 4) is 0 Å². The van der Waals surface area contributed by atoms with Gasteiger partial charge in [-0.05, 0) is 54.8 Å². The van der Waals surface area contributed by atoms with Gasteiger partial charge in [-0.1, -0.05) is 25.1 Å². The zero-order valence-corrected chi connectivity index (χ0v) is 15.3. The Labute approximate surface area is 161 Å². The van der Waals surface area contributed by atoms with Gasteiger partial charge in [-0.3, -0.25) is 19.3 Å². The van der Waals surface area contributed by atoms with E-state index in [0.717, 1.165) is 0 Å². The van der Waals surface area contributed by atoms with E-state index in [-0.39, 0.29) is 29.6 Å². The van der Waals surface area contributed by atoms with Gasteiger partial charge < -0.3 is 5.32 Å². The normalized spacial score (nSPS) is 23.6. The van der Waals surface area contributed by atoms with Crippen LogP contribution in [0.3, 0.4) is 0 Å². The van der Waals surface area contributed by atoms with E-state index in [4.69, 9.17) is 0 Å². The first-order valence-corrected chi connectivity index (χ1v) is 9.17. The second-order valence-electron chi connectivity index (χ2n) is 7.18. The second-order valence-corrected chi connectivity index (χ2v) is 7.18. The number of benzene rings is 2. The molecular formula is C22H19FN2O3. The molecule has 2 aromatic rings. The fourth-order valence-electron chi connectivity index (χ4n) is 3.92. The summed E-state index contributed by atoms with van der Waals surface area (Å²) in [7, 11) is 0. The first-order chi connectivity index (χ1) is 13.5. The van der Waals surface area contributed by atoms with Crippen LogP contribution in [0, 0.1) is 23.6 Å². The number of rotatable bonds is 3. The molecule has 5 nitrogen and oxygen atoms in total. The summed E-state index contributed by atoms with van der Waals surface area (Å²) >= 11 is 0. The molecule has 1 N–H and O–H groups in total. The van der Waals surface area contributed by atoms with Gasteiger partial charge in [0.2, 0.25) is 11.8 Å². The maximum atomic E-state index is 13.0. The quantitative estimate of drug-likeness (QED) is 0.653. The molecule has 6 heteroatoms. The number of carbonyl (C=O) groups excluding carboxylic acids is 3. The number of carbonyl (C=O) groups is 3. The molecule has 0 spiro atoms. The lowest BCUT2D eigenvalue weighted by molar-refractivity contribution is -0.122. The van der Waals surface area contributed by atoms with Gasteiger partial charge in [0.15, 0.2) is 0 Å². The second kappa shape index (κ2) is 7.03. The predicted molar refractivity (Wildman–Crippen MR) is 103 cm³/mol. The summed E-state index contributed by atoms with van der Waals surface area (Å²) in [6.45, 7) is 1.94. The topological polar surface area (TPSA) is 66.5 Å². The van der Waals surface area contributed by atoms with Crippen molar-refractivity contribution in [1.82, 2.24) is 0 Å². The molecule has 4 rings (SSSR count). The van der Waals surface area contributed by atoms with E-state index in [9.17, 15) is 18.8 Å². The number of fused-ring (bicyclic) bond motifs is 1. The van der Waals surface area contributed by atoms with E-state index in [1.54, 1.807) is 18.2 Å². The number of imide groups is 1. The van der Waals surface area contributed by atoms with Crippen molar-refractivity contribution in [2.24, 2.45) is 17.8 Å². The van der Waals surface area contributed by atoms with Gasteiger partial charge in [0, 0.05) is 11.3 Å². The van der Waals surface area contributed by atoms with E-state index in [0.29, 0.717) is 23.4 Å². The van der Waals surface area contributed by atoms with Crippen LogP contribution in [0.4, 0.5) is 15.8 Å². The van der Waals surface area contributed by atoms with Crippen LogP contribution < -0.4 is 10.2 Å². The maximum Gasteiger partial charge on any atom is 0.255 e. The Hall–Kier alpha value is -3.28. The number of amides is 3. The smallest absolute Gasteiger partial charge is 0.255 e. The number of allylic oxidation sites excluding steroid dienone is 2. The average molecular weight is 378 g/mol. The van der Waals surface area contributed by atoms with Gasteiger partial charge in [-0.15, -0.1) is 0 Å². The van der Waals surface area contributed by atoms with Crippen LogP contribution in [-0.4, -0.2) is 17.7 Å². The lowest BCUT2D eigenvalue weighted by Gasteiger charge is -2.22. The standard InChI is InChI=1S/C22H19FN2O3/c1-13-4-2-7-18-19(13)22(28)25(21(18)27)17-6-3-5-14(12-17)20(26)24-16-10-8-15(23)9-11-16/h2-6,8-13,18-19H,7H2,1H3,(H,24,26)/t13-,18-,19-/m1/s1. The number of anilines is 2. The molecule has 0 saturated carbocycles. The molecule has 2 aromatic carbocycles. The molecule has 1 aliphatic carbocycles. The highest BCUT2D eigenvalue weighted by molar-refractivity contribution is 6.22. The third kappa shape index (κ3) is 3.11. The molecule has 3 atom stereocenters. The summed E-state index contributed by atoms with van der Waals surface area (Å²) < 4.78 is 13.0. The average Bonchev–Trinajstić information content (AvgIpc) is 2.95. The molecule has 1 aliphatic heterocycles. The Balaban J connectivity index is 1.58. The number of nitrogens with one attached hydrogen (secondary N) is 1. The van der Waals surface area contributed by atoms with E-state index in [1.807, 2.05) is 19.1 Å². The zero-order valence-electron chi connectivity index (χ0n) is 15.3. The highest BCUT2D eigenvalue weighted by atomic mass is 19.1. The molecule has 142 valence electrons. The molecule has 0 unspecified atom stereocenters. The van der Waals surface area contributed by atoms with Crippen LogP contribution in [0.2, 0.25) is 0 Å². The molecule has 3 amide bonds.